The van der Waals surface area contributed by atoms with Gasteiger partial charge in [0.1, 0.15) is 16.7 Å². The van der Waals surface area contributed by atoms with Gasteiger partial charge in [-0.05, 0) is 47.0 Å². The number of hydrogen-bond acceptors (Lipinski definition) is 6. The molecule has 6 heteroatoms. The van der Waals surface area contributed by atoms with E-state index in [1.54, 1.807) is 0 Å². The highest BCUT2D eigenvalue weighted by Gasteiger charge is 2.20. The normalized spacial score (nSPS) is 11.5. The summed E-state index contributed by atoms with van der Waals surface area (Å²) >= 11 is 0. The monoisotopic (exact) mass is 668 g/mol. The van der Waals surface area contributed by atoms with Crippen LogP contribution in [0, 0.1) is 0 Å². The molecule has 0 aliphatic carbocycles. The maximum atomic E-state index is 6.82. The van der Waals surface area contributed by atoms with Crippen molar-refractivity contribution in [3.63, 3.8) is 0 Å². The van der Waals surface area contributed by atoms with E-state index in [4.69, 9.17) is 28.8 Å². The van der Waals surface area contributed by atoms with Gasteiger partial charge in [-0.25, -0.2) is 19.9 Å². The molecule has 0 saturated heterocycles. The number of oxazole rings is 1. The topological polar surface area (TPSA) is 77.8 Å². The van der Waals surface area contributed by atoms with Gasteiger partial charge in [-0.2, -0.15) is 0 Å². The van der Waals surface area contributed by atoms with Crippen LogP contribution in [-0.4, -0.2) is 19.9 Å². The number of nitrogens with zero attached hydrogens (tertiary/aromatic N) is 4. The number of para-hydroxylation sites is 2. The molecule has 7 aromatic carbocycles. The third-order valence-corrected chi connectivity index (χ3v) is 9.38. The largest absolute Gasteiger partial charge is 0.455 e. The van der Waals surface area contributed by atoms with Crippen molar-refractivity contribution < 1.29 is 8.83 Å². The second-order valence-electron chi connectivity index (χ2n) is 12.7. The summed E-state index contributed by atoms with van der Waals surface area (Å²) in [6.45, 7) is 0. The zero-order valence-corrected chi connectivity index (χ0v) is 27.8. The molecule has 0 amide bonds. The molecule has 0 spiro atoms. The van der Waals surface area contributed by atoms with Gasteiger partial charge in [-0.15, -0.1) is 0 Å². The summed E-state index contributed by atoms with van der Waals surface area (Å²) < 4.78 is 13.2. The van der Waals surface area contributed by atoms with Crippen LogP contribution in [0.3, 0.4) is 0 Å². The molecule has 52 heavy (non-hydrogen) atoms. The van der Waals surface area contributed by atoms with Gasteiger partial charge in [0, 0.05) is 33.0 Å². The summed E-state index contributed by atoms with van der Waals surface area (Å²) in [5, 5.41) is 2.00. The van der Waals surface area contributed by atoms with Crippen molar-refractivity contribution >= 4 is 33.0 Å². The highest BCUT2D eigenvalue weighted by molar-refractivity contribution is 6.12. The van der Waals surface area contributed by atoms with Crippen LogP contribution in [0.4, 0.5) is 0 Å². The van der Waals surface area contributed by atoms with Crippen LogP contribution < -0.4 is 0 Å². The lowest BCUT2D eigenvalue weighted by molar-refractivity contribution is 0.620. The molecule has 3 aromatic heterocycles. The SMILES string of the molecule is c1ccc(-c2ccc3nc(-c4cccc(-c5cccc6c5oc5c(-c7nc(-c8ccccc8)nc(-c8ccccc8)n7)cccc56)c4)oc3c2)cc1. The van der Waals surface area contributed by atoms with E-state index in [-0.39, 0.29) is 0 Å². The number of hydrogen-bond donors (Lipinski definition) is 0. The van der Waals surface area contributed by atoms with E-state index in [1.165, 1.54) is 0 Å². The number of fused-ring (bicyclic) bond motifs is 4. The number of rotatable bonds is 6. The summed E-state index contributed by atoms with van der Waals surface area (Å²) in [5.74, 6) is 2.32. The van der Waals surface area contributed by atoms with Crippen molar-refractivity contribution in [2.24, 2.45) is 0 Å². The number of furan rings is 1. The van der Waals surface area contributed by atoms with Gasteiger partial charge >= 0.3 is 0 Å². The molecular weight excluding hydrogens is 641 g/mol. The van der Waals surface area contributed by atoms with Gasteiger partial charge in [-0.3, -0.25) is 0 Å². The third-order valence-electron chi connectivity index (χ3n) is 9.38. The fraction of sp³-hybridized carbons (Fsp3) is 0. The lowest BCUT2D eigenvalue weighted by Crippen LogP contribution is -2.00. The van der Waals surface area contributed by atoms with Crippen LogP contribution in [0.5, 0.6) is 0 Å². The zero-order valence-electron chi connectivity index (χ0n) is 27.8. The van der Waals surface area contributed by atoms with Gasteiger partial charge in [0.2, 0.25) is 5.89 Å². The Balaban J connectivity index is 1.08. The van der Waals surface area contributed by atoms with E-state index in [1.807, 2.05) is 109 Å². The van der Waals surface area contributed by atoms with E-state index in [9.17, 15) is 0 Å². The summed E-state index contributed by atoms with van der Waals surface area (Å²) in [7, 11) is 0. The Labute approximate surface area is 298 Å². The summed E-state index contributed by atoms with van der Waals surface area (Å²) in [5.41, 5.74) is 10.8. The highest BCUT2D eigenvalue weighted by Crippen LogP contribution is 2.40. The lowest BCUT2D eigenvalue weighted by atomic mass is 10.00. The Bertz CT molecular complexity index is 2840. The first kappa shape index (κ1) is 29.7. The van der Waals surface area contributed by atoms with Crippen LogP contribution in [-0.2, 0) is 0 Å². The molecule has 0 saturated carbocycles. The molecule has 6 nitrogen and oxygen atoms in total. The van der Waals surface area contributed by atoms with Gasteiger partial charge in [0.25, 0.3) is 0 Å². The quantitative estimate of drug-likeness (QED) is 0.175. The van der Waals surface area contributed by atoms with Crippen LogP contribution in [0.25, 0.3) is 101 Å². The molecule has 0 atom stereocenters. The average Bonchev–Trinajstić information content (AvgIpc) is 3.83. The van der Waals surface area contributed by atoms with Gasteiger partial charge in [-0.1, -0.05) is 140 Å². The second-order valence-corrected chi connectivity index (χ2v) is 12.7. The molecule has 10 aromatic rings. The molecule has 0 aliphatic heterocycles. The first-order valence-corrected chi connectivity index (χ1v) is 17.1. The second kappa shape index (κ2) is 12.3. The van der Waals surface area contributed by atoms with E-state index >= 15 is 0 Å². The molecule has 0 radical (unpaired) electrons. The van der Waals surface area contributed by atoms with Crippen LogP contribution in [0.2, 0.25) is 0 Å². The standard InChI is InChI=1S/C46H28N4O2/c1-4-13-29(14-5-1)32-25-26-39-40(28-32)51-46(47-39)34-20-10-19-33(27-34)35-21-11-22-36-37-23-12-24-38(42(37)52-41(35)36)45-49-43(30-15-6-2-7-16-30)48-44(50-45)31-17-8-3-9-18-31/h1-28H. The fourth-order valence-electron chi connectivity index (χ4n) is 6.83. The van der Waals surface area contributed by atoms with E-state index in [2.05, 4.69) is 60.7 Å². The van der Waals surface area contributed by atoms with Crippen molar-refractivity contribution in [1.82, 2.24) is 19.9 Å². The molecule has 0 unspecified atom stereocenters. The number of benzene rings is 7. The molecule has 0 aliphatic rings. The van der Waals surface area contributed by atoms with Crippen molar-refractivity contribution in [2.75, 3.05) is 0 Å². The van der Waals surface area contributed by atoms with E-state index in [0.29, 0.717) is 23.4 Å². The Kier molecular flexibility index (Phi) is 7.03. The minimum atomic E-state index is 0.548. The maximum absolute atomic E-state index is 6.82. The summed E-state index contributed by atoms with van der Waals surface area (Å²) in [6, 6.07) is 57.1. The Hall–Kier alpha value is -7.18. The van der Waals surface area contributed by atoms with Gasteiger partial charge < -0.3 is 8.83 Å². The van der Waals surface area contributed by atoms with Crippen molar-refractivity contribution in [1.29, 1.82) is 0 Å². The Morgan fingerprint density at radius 2 is 0.865 bits per heavy atom. The van der Waals surface area contributed by atoms with Crippen molar-refractivity contribution in [3.05, 3.63) is 170 Å². The number of aromatic nitrogens is 4. The van der Waals surface area contributed by atoms with E-state index in [0.717, 1.165) is 77.5 Å². The Morgan fingerprint density at radius 3 is 1.54 bits per heavy atom. The highest BCUT2D eigenvalue weighted by atomic mass is 16.3. The van der Waals surface area contributed by atoms with Crippen LogP contribution >= 0.6 is 0 Å². The third kappa shape index (κ3) is 5.22. The molecule has 10 rings (SSSR count). The molecule has 0 N–H and O–H groups in total. The van der Waals surface area contributed by atoms with Crippen molar-refractivity contribution in [2.45, 2.75) is 0 Å². The minimum Gasteiger partial charge on any atom is -0.455 e. The molecule has 0 bridgehead atoms. The summed E-state index contributed by atoms with van der Waals surface area (Å²) in [6.07, 6.45) is 0. The maximum Gasteiger partial charge on any atom is 0.227 e. The first-order chi connectivity index (χ1) is 25.7. The lowest BCUT2D eigenvalue weighted by Gasteiger charge is -2.08. The molecule has 0 fully saturated rings. The predicted octanol–water partition coefficient (Wildman–Crippen LogP) is 11.9. The molecule has 244 valence electrons. The predicted molar refractivity (Wildman–Crippen MR) is 207 cm³/mol. The van der Waals surface area contributed by atoms with Gasteiger partial charge in [0.15, 0.2) is 23.1 Å². The first-order valence-electron chi connectivity index (χ1n) is 17.1. The average molecular weight is 669 g/mol. The smallest absolute Gasteiger partial charge is 0.227 e. The molecule has 3 heterocycles. The fourth-order valence-corrected chi connectivity index (χ4v) is 6.83. The van der Waals surface area contributed by atoms with Gasteiger partial charge in [0.05, 0.1) is 5.56 Å². The zero-order chi connectivity index (χ0) is 34.4. The minimum absolute atomic E-state index is 0.548. The van der Waals surface area contributed by atoms with E-state index < -0.39 is 0 Å². The summed E-state index contributed by atoms with van der Waals surface area (Å²) in [4.78, 5) is 19.7. The van der Waals surface area contributed by atoms with Crippen molar-refractivity contribution in [3.8, 4) is 67.9 Å². The Morgan fingerprint density at radius 1 is 0.327 bits per heavy atom. The molecular formula is C46H28N4O2. The van der Waals surface area contributed by atoms with Crippen LogP contribution in [0.1, 0.15) is 0 Å². The van der Waals surface area contributed by atoms with Crippen LogP contribution in [0.15, 0.2) is 179 Å².